The number of fused-ring (bicyclic) bond motifs is 3. The highest BCUT2D eigenvalue weighted by Gasteiger charge is 2.45. The normalized spacial score (nSPS) is 24.2. The van der Waals surface area contributed by atoms with Crippen LogP contribution in [-0.4, -0.2) is 64.6 Å². The van der Waals surface area contributed by atoms with E-state index in [0.717, 1.165) is 53.6 Å². The lowest BCUT2D eigenvalue weighted by Gasteiger charge is -2.42. The maximum absolute atomic E-state index is 13.3. The molecule has 4 heterocycles. The molecule has 3 atom stereocenters. The van der Waals surface area contributed by atoms with Crippen molar-refractivity contribution in [3.8, 4) is 11.1 Å². The molecule has 3 fully saturated rings. The smallest absolute Gasteiger partial charge is 0.262 e. The molecule has 3 saturated heterocycles. The number of piperidine rings is 1. The molecule has 41 heavy (non-hydrogen) atoms. The van der Waals surface area contributed by atoms with E-state index >= 15 is 0 Å². The van der Waals surface area contributed by atoms with Gasteiger partial charge in [0, 0.05) is 48.8 Å². The third-order valence-corrected chi connectivity index (χ3v) is 9.20. The molecule has 4 amide bonds. The first kappa shape index (κ1) is 25.9. The van der Waals surface area contributed by atoms with Crippen LogP contribution in [0.2, 0.25) is 5.02 Å². The highest BCUT2D eigenvalue weighted by molar-refractivity contribution is 6.30. The van der Waals surface area contributed by atoms with Gasteiger partial charge >= 0.3 is 0 Å². The van der Waals surface area contributed by atoms with Gasteiger partial charge in [-0.05, 0) is 66.3 Å². The molecule has 3 unspecified atom stereocenters. The molecule has 208 valence electrons. The summed E-state index contributed by atoms with van der Waals surface area (Å²) in [6.45, 7) is 2.52. The van der Waals surface area contributed by atoms with Crippen molar-refractivity contribution < 1.29 is 19.2 Å². The number of carbonyl (C=O) groups is 4. The maximum atomic E-state index is 13.3. The molecule has 3 aromatic carbocycles. The molecular weight excluding hydrogens is 540 g/mol. The van der Waals surface area contributed by atoms with Gasteiger partial charge in [-0.15, -0.1) is 0 Å². The summed E-state index contributed by atoms with van der Waals surface area (Å²) in [6, 6.07) is 21.7. The van der Waals surface area contributed by atoms with E-state index in [2.05, 4.69) is 51.5 Å². The number of halogens is 1. The average molecular weight is 569 g/mol. The van der Waals surface area contributed by atoms with Crippen molar-refractivity contribution in [2.45, 2.75) is 50.4 Å². The number of hydrogen-bond acceptors (Lipinski definition) is 6. The van der Waals surface area contributed by atoms with E-state index in [1.807, 2.05) is 18.2 Å². The Kier molecular flexibility index (Phi) is 6.40. The fourth-order valence-electron chi connectivity index (χ4n) is 6.88. The van der Waals surface area contributed by atoms with Crippen molar-refractivity contribution in [2.75, 3.05) is 18.0 Å². The van der Waals surface area contributed by atoms with Gasteiger partial charge in [0.15, 0.2) is 0 Å². The van der Waals surface area contributed by atoms with Crippen molar-refractivity contribution >= 4 is 40.9 Å². The van der Waals surface area contributed by atoms with Gasteiger partial charge in [0.25, 0.3) is 11.8 Å². The van der Waals surface area contributed by atoms with Gasteiger partial charge < -0.3 is 4.90 Å². The number of benzene rings is 3. The van der Waals surface area contributed by atoms with Crippen LogP contribution in [0.4, 0.5) is 5.69 Å². The number of imide groups is 2. The van der Waals surface area contributed by atoms with Gasteiger partial charge in [-0.3, -0.25) is 34.3 Å². The Morgan fingerprint density at radius 3 is 2.22 bits per heavy atom. The Morgan fingerprint density at radius 1 is 0.780 bits per heavy atom. The number of nitrogens with zero attached hydrogens (tertiary/aromatic N) is 3. The van der Waals surface area contributed by atoms with Gasteiger partial charge in [-0.1, -0.05) is 48.0 Å². The number of nitrogens with one attached hydrogen (secondary N) is 1. The summed E-state index contributed by atoms with van der Waals surface area (Å²) in [5, 5.41) is 2.97. The van der Waals surface area contributed by atoms with Crippen molar-refractivity contribution in [1.82, 2.24) is 15.1 Å². The third kappa shape index (κ3) is 4.51. The summed E-state index contributed by atoms with van der Waals surface area (Å²) >= 11 is 6.13. The Labute approximate surface area is 242 Å². The van der Waals surface area contributed by atoms with Crippen molar-refractivity contribution in [1.29, 1.82) is 0 Å². The van der Waals surface area contributed by atoms with Crippen LogP contribution in [0.5, 0.6) is 0 Å². The first-order chi connectivity index (χ1) is 19.9. The van der Waals surface area contributed by atoms with Crippen LogP contribution in [0, 0.1) is 0 Å². The molecule has 4 aliphatic rings. The van der Waals surface area contributed by atoms with E-state index in [0.29, 0.717) is 23.2 Å². The predicted octanol–water partition coefficient (Wildman–Crippen LogP) is 4.26. The molecule has 3 aromatic rings. The second kappa shape index (κ2) is 10.1. The highest BCUT2D eigenvalue weighted by Crippen LogP contribution is 2.37. The van der Waals surface area contributed by atoms with Gasteiger partial charge in [0.1, 0.15) is 6.04 Å². The van der Waals surface area contributed by atoms with E-state index in [9.17, 15) is 19.2 Å². The zero-order valence-electron chi connectivity index (χ0n) is 22.4. The molecule has 0 aromatic heterocycles. The van der Waals surface area contributed by atoms with Crippen LogP contribution in [0.1, 0.15) is 52.0 Å². The quantitative estimate of drug-likeness (QED) is 0.463. The molecule has 8 nitrogen and oxygen atoms in total. The van der Waals surface area contributed by atoms with Crippen LogP contribution in [-0.2, 0) is 16.1 Å². The van der Waals surface area contributed by atoms with Crippen LogP contribution in [0.3, 0.4) is 0 Å². The number of anilines is 1. The minimum absolute atomic E-state index is 0.103. The SMILES string of the molecule is O=C1CCC(N2C(=O)c3ccc(N4CC5CCC(C4)N5Cc4ccccc4-c4ccc(Cl)cc4)cc3C2=O)C(=O)N1. The van der Waals surface area contributed by atoms with Gasteiger partial charge in [0.05, 0.1) is 11.1 Å². The maximum Gasteiger partial charge on any atom is 0.262 e. The minimum atomic E-state index is -0.960. The zero-order valence-corrected chi connectivity index (χ0v) is 23.1. The number of piperazine rings is 1. The van der Waals surface area contributed by atoms with Crippen molar-refractivity contribution in [3.05, 3.63) is 88.4 Å². The number of amides is 4. The Hall–Kier alpha value is -4.01. The third-order valence-electron chi connectivity index (χ3n) is 8.95. The van der Waals surface area contributed by atoms with Gasteiger partial charge in [-0.25, -0.2) is 0 Å². The molecule has 0 saturated carbocycles. The van der Waals surface area contributed by atoms with E-state index in [1.165, 1.54) is 11.1 Å². The van der Waals surface area contributed by atoms with E-state index < -0.39 is 23.8 Å². The topological polar surface area (TPSA) is 90.0 Å². The molecule has 0 spiro atoms. The minimum Gasteiger partial charge on any atom is -0.368 e. The molecule has 0 aliphatic carbocycles. The fourth-order valence-corrected chi connectivity index (χ4v) is 7.01. The van der Waals surface area contributed by atoms with E-state index in [-0.39, 0.29) is 18.7 Å². The lowest BCUT2D eigenvalue weighted by Crippen LogP contribution is -2.54. The summed E-state index contributed by atoms with van der Waals surface area (Å²) < 4.78 is 0. The lowest BCUT2D eigenvalue weighted by molar-refractivity contribution is -0.136. The molecule has 7 rings (SSSR count). The van der Waals surface area contributed by atoms with Gasteiger partial charge in [0.2, 0.25) is 11.8 Å². The summed E-state index contributed by atoms with van der Waals surface area (Å²) in [5.74, 6) is -1.93. The van der Waals surface area contributed by atoms with E-state index in [1.54, 1.807) is 12.1 Å². The van der Waals surface area contributed by atoms with Crippen LogP contribution in [0.25, 0.3) is 11.1 Å². The van der Waals surface area contributed by atoms with E-state index in [4.69, 9.17) is 11.6 Å². The monoisotopic (exact) mass is 568 g/mol. The Bertz CT molecular complexity index is 1570. The summed E-state index contributed by atoms with van der Waals surface area (Å²) in [7, 11) is 0. The van der Waals surface area contributed by atoms with Crippen LogP contribution >= 0.6 is 11.6 Å². The lowest BCUT2D eigenvalue weighted by atomic mass is 9.98. The number of rotatable bonds is 5. The molecule has 0 radical (unpaired) electrons. The zero-order chi connectivity index (χ0) is 28.2. The second-order valence-corrected chi connectivity index (χ2v) is 11.7. The first-order valence-corrected chi connectivity index (χ1v) is 14.5. The summed E-state index contributed by atoms with van der Waals surface area (Å²) in [4.78, 5) is 56.4. The Balaban J connectivity index is 1.09. The highest BCUT2D eigenvalue weighted by atomic mass is 35.5. The predicted molar refractivity (Wildman–Crippen MR) is 155 cm³/mol. The van der Waals surface area contributed by atoms with Crippen molar-refractivity contribution in [2.24, 2.45) is 0 Å². The number of hydrogen-bond donors (Lipinski definition) is 1. The Morgan fingerprint density at radius 2 is 1.49 bits per heavy atom. The first-order valence-electron chi connectivity index (χ1n) is 14.1. The average Bonchev–Trinajstić information content (AvgIpc) is 3.34. The molecule has 2 bridgehead atoms. The molecular formula is C32H29ClN4O4. The number of carbonyl (C=O) groups excluding carboxylic acids is 4. The molecule has 1 N–H and O–H groups in total. The van der Waals surface area contributed by atoms with Crippen LogP contribution < -0.4 is 10.2 Å². The van der Waals surface area contributed by atoms with Crippen molar-refractivity contribution in [3.63, 3.8) is 0 Å². The fraction of sp³-hybridized carbons (Fsp3) is 0.312. The molecule has 4 aliphatic heterocycles. The van der Waals surface area contributed by atoms with Crippen LogP contribution in [0.15, 0.2) is 66.7 Å². The standard InChI is InChI=1S/C32H29ClN4O4/c33-21-7-5-19(6-8-21)25-4-2-1-3-20(25)16-36-23-9-10-24(36)18-35(17-23)22-11-12-26-27(15-22)32(41)37(31(26)40)28-13-14-29(38)34-30(28)39/h1-8,11-12,15,23-24,28H,9-10,13-14,16-18H2,(H,34,38,39). The molecule has 9 heteroatoms. The largest absolute Gasteiger partial charge is 0.368 e. The second-order valence-electron chi connectivity index (χ2n) is 11.3. The van der Waals surface area contributed by atoms with Gasteiger partial charge in [-0.2, -0.15) is 0 Å². The summed E-state index contributed by atoms with van der Waals surface area (Å²) in [5.41, 5.74) is 5.20. The summed E-state index contributed by atoms with van der Waals surface area (Å²) in [6.07, 6.45) is 2.47.